The van der Waals surface area contributed by atoms with Crippen LogP contribution in [0.2, 0.25) is 0 Å². The van der Waals surface area contributed by atoms with Crippen LogP contribution in [0.25, 0.3) is 20.8 Å². The van der Waals surface area contributed by atoms with E-state index >= 15 is 0 Å². The van der Waals surface area contributed by atoms with E-state index in [1.54, 1.807) is 17.5 Å². The van der Waals surface area contributed by atoms with Crippen LogP contribution in [0.1, 0.15) is 0 Å². The quantitative estimate of drug-likeness (QED) is 0.628. The maximum Gasteiger partial charge on any atom is 0.124 e. The first kappa shape index (κ1) is 10.2. The van der Waals surface area contributed by atoms with E-state index in [9.17, 15) is 0 Å². The first-order valence-corrected chi connectivity index (χ1v) is 6.69. The van der Waals surface area contributed by atoms with E-state index < -0.39 is 0 Å². The molecule has 0 amide bonds. The molecule has 0 N–H and O–H groups in total. The van der Waals surface area contributed by atoms with Gasteiger partial charge in [0.15, 0.2) is 0 Å². The molecule has 0 radical (unpaired) electrons. The van der Waals surface area contributed by atoms with Crippen LogP contribution in [0, 0.1) is 3.57 Å². The molecule has 0 atom stereocenters. The lowest BCUT2D eigenvalue weighted by Gasteiger charge is -1.94. The topological polar surface area (TPSA) is 25.8 Å². The van der Waals surface area contributed by atoms with Gasteiger partial charge in [0, 0.05) is 21.5 Å². The second kappa shape index (κ2) is 4.10. The molecule has 3 rings (SSSR count). The van der Waals surface area contributed by atoms with Gasteiger partial charge < -0.3 is 0 Å². The average Bonchev–Trinajstić information content (AvgIpc) is 2.73. The molecule has 0 unspecified atom stereocenters. The monoisotopic (exact) mass is 338 g/mol. The van der Waals surface area contributed by atoms with Gasteiger partial charge in [0.05, 0.1) is 10.2 Å². The van der Waals surface area contributed by atoms with Gasteiger partial charge in [0.25, 0.3) is 0 Å². The number of benzene rings is 1. The number of thiazole rings is 1. The third kappa shape index (κ3) is 1.82. The predicted octanol–water partition coefficient (Wildman–Crippen LogP) is 3.96. The Hall–Kier alpha value is -1.01. The molecule has 78 valence electrons. The highest BCUT2D eigenvalue weighted by molar-refractivity contribution is 14.1. The second-order valence-corrected chi connectivity index (χ2v) is 5.65. The van der Waals surface area contributed by atoms with Crippen molar-refractivity contribution >= 4 is 44.1 Å². The van der Waals surface area contributed by atoms with Gasteiger partial charge in [-0.3, -0.25) is 4.98 Å². The zero-order valence-electron chi connectivity index (χ0n) is 8.22. The molecule has 0 fully saturated rings. The summed E-state index contributed by atoms with van der Waals surface area (Å²) >= 11 is 3.98. The fourth-order valence-electron chi connectivity index (χ4n) is 1.50. The van der Waals surface area contributed by atoms with Crippen LogP contribution in [0.3, 0.4) is 0 Å². The predicted molar refractivity (Wildman–Crippen MR) is 75.6 cm³/mol. The average molecular weight is 338 g/mol. The number of hydrogen-bond donors (Lipinski definition) is 0. The molecule has 0 aliphatic heterocycles. The lowest BCUT2D eigenvalue weighted by atomic mass is 10.2. The lowest BCUT2D eigenvalue weighted by Crippen LogP contribution is -1.76. The van der Waals surface area contributed by atoms with Gasteiger partial charge >= 0.3 is 0 Å². The van der Waals surface area contributed by atoms with Crippen molar-refractivity contribution < 1.29 is 0 Å². The Bertz CT molecular complexity index is 598. The Morgan fingerprint density at radius 1 is 1.06 bits per heavy atom. The second-order valence-electron chi connectivity index (χ2n) is 3.37. The van der Waals surface area contributed by atoms with Gasteiger partial charge in [-0.1, -0.05) is 12.1 Å². The third-order valence-electron chi connectivity index (χ3n) is 2.28. The number of nitrogens with zero attached hydrogens (tertiary/aromatic N) is 2. The van der Waals surface area contributed by atoms with Crippen molar-refractivity contribution in [1.29, 1.82) is 0 Å². The molecule has 0 saturated carbocycles. The highest BCUT2D eigenvalue weighted by atomic mass is 127. The molecule has 4 heteroatoms. The minimum absolute atomic E-state index is 1.02. The molecule has 0 bridgehead atoms. The van der Waals surface area contributed by atoms with Crippen molar-refractivity contribution in [2.75, 3.05) is 0 Å². The highest BCUT2D eigenvalue weighted by Crippen LogP contribution is 2.29. The Labute approximate surface area is 111 Å². The van der Waals surface area contributed by atoms with Crippen molar-refractivity contribution in [3.05, 3.63) is 46.3 Å². The minimum atomic E-state index is 1.02. The molecule has 0 saturated heterocycles. The standard InChI is InChI=1S/C12H7IN2S/c13-9-3-1-8(2-4-9)12-15-10-5-6-14-7-11(10)16-12/h1-7H. The van der Waals surface area contributed by atoms with Crippen molar-refractivity contribution in [2.24, 2.45) is 0 Å². The number of halogens is 1. The van der Waals surface area contributed by atoms with Crippen LogP contribution in [-0.2, 0) is 0 Å². The Kier molecular flexibility index (Phi) is 2.61. The van der Waals surface area contributed by atoms with E-state index in [4.69, 9.17) is 0 Å². The van der Waals surface area contributed by atoms with Gasteiger partial charge in [0.2, 0.25) is 0 Å². The first-order chi connectivity index (χ1) is 7.83. The Morgan fingerprint density at radius 3 is 2.62 bits per heavy atom. The number of hydrogen-bond acceptors (Lipinski definition) is 3. The number of fused-ring (bicyclic) bond motifs is 1. The summed E-state index contributed by atoms with van der Waals surface area (Å²) in [6, 6.07) is 10.3. The van der Waals surface area contributed by atoms with Crippen molar-refractivity contribution in [1.82, 2.24) is 9.97 Å². The van der Waals surface area contributed by atoms with Crippen LogP contribution < -0.4 is 0 Å². The zero-order valence-corrected chi connectivity index (χ0v) is 11.2. The van der Waals surface area contributed by atoms with Crippen molar-refractivity contribution in [3.63, 3.8) is 0 Å². The van der Waals surface area contributed by atoms with E-state index in [-0.39, 0.29) is 0 Å². The van der Waals surface area contributed by atoms with Gasteiger partial charge in [-0.15, -0.1) is 11.3 Å². The Morgan fingerprint density at radius 2 is 1.88 bits per heavy atom. The molecule has 16 heavy (non-hydrogen) atoms. The molecule has 0 aliphatic rings. The number of pyridine rings is 1. The Balaban J connectivity index is 2.15. The fraction of sp³-hybridized carbons (Fsp3) is 0. The van der Waals surface area contributed by atoms with E-state index in [0.29, 0.717) is 0 Å². The fourth-order valence-corrected chi connectivity index (χ4v) is 2.79. The summed E-state index contributed by atoms with van der Waals surface area (Å²) in [5, 5.41) is 1.06. The molecule has 0 spiro atoms. The summed E-state index contributed by atoms with van der Waals surface area (Å²) in [6.45, 7) is 0. The maximum absolute atomic E-state index is 4.59. The highest BCUT2D eigenvalue weighted by Gasteiger charge is 2.05. The smallest absolute Gasteiger partial charge is 0.124 e. The van der Waals surface area contributed by atoms with Crippen molar-refractivity contribution in [3.8, 4) is 10.6 Å². The van der Waals surface area contributed by atoms with E-state index in [1.807, 2.05) is 12.3 Å². The third-order valence-corrected chi connectivity index (χ3v) is 4.06. The number of rotatable bonds is 1. The normalized spacial score (nSPS) is 10.8. The van der Waals surface area contributed by atoms with Crippen LogP contribution in [0.4, 0.5) is 0 Å². The van der Waals surface area contributed by atoms with Crippen LogP contribution in [-0.4, -0.2) is 9.97 Å². The van der Waals surface area contributed by atoms with Gasteiger partial charge in [-0.05, 0) is 40.8 Å². The molecule has 2 nitrogen and oxygen atoms in total. The van der Waals surface area contributed by atoms with Crippen LogP contribution >= 0.6 is 33.9 Å². The van der Waals surface area contributed by atoms with Gasteiger partial charge in [-0.2, -0.15) is 0 Å². The molecule has 2 aromatic heterocycles. The molecule has 1 aromatic carbocycles. The summed E-state index contributed by atoms with van der Waals surface area (Å²) < 4.78 is 2.38. The summed E-state index contributed by atoms with van der Waals surface area (Å²) in [7, 11) is 0. The van der Waals surface area contributed by atoms with E-state index in [2.05, 4.69) is 56.8 Å². The summed E-state index contributed by atoms with van der Waals surface area (Å²) in [5.74, 6) is 0. The first-order valence-electron chi connectivity index (χ1n) is 4.79. The summed E-state index contributed by atoms with van der Waals surface area (Å²) in [5.41, 5.74) is 2.19. The molecular weight excluding hydrogens is 331 g/mol. The zero-order chi connectivity index (χ0) is 11.0. The maximum atomic E-state index is 4.59. The largest absolute Gasteiger partial charge is 0.263 e. The van der Waals surface area contributed by atoms with Crippen molar-refractivity contribution in [2.45, 2.75) is 0 Å². The van der Waals surface area contributed by atoms with E-state index in [1.165, 1.54) is 9.13 Å². The van der Waals surface area contributed by atoms with E-state index in [0.717, 1.165) is 15.2 Å². The van der Waals surface area contributed by atoms with Crippen LogP contribution in [0.15, 0.2) is 42.7 Å². The van der Waals surface area contributed by atoms with Gasteiger partial charge in [0.1, 0.15) is 5.01 Å². The molecule has 2 heterocycles. The lowest BCUT2D eigenvalue weighted by molar-refractivity contribution is 1.36. The van der Waals surface area contributed by atoms with Crippen LogP contribution in [0.5, 0.6) is 0 Å². The summed E-state index contributed by atoms with van der Waals surface area (Å²) in [4.78, 5) is 8.69. The SMILES string of the molecule is Ic1ccc(-c2nc3ccncc3s2)cc1. The number of aromatic nitrogens is 2. The van der Waals surface area contributed by atoms with Gasteiger partial charge in [-0.25, -0.2) is 4.98 Å². The molecular formula is C12H7IN2S. The summed E-state index contributed by atoms with van der Waals surface area (Å²) in [6.07, 6.45) is 3.64. The minimum Gasteiger partial charge on any atom is -0.263 e. The molecule has 3 aromatic rings. The molecule has 0 aliphatic carbocycles.